The van der Waals surface area contributed by atoms with Gasteiger partial charge < -0.3 is 10.6 Å². The van der Waals surface area contributed by atoms with Gasteiger partial charge >= 0.3 is 0 Å². The van der Waals surface area contributed by atoms with Crippen LogP contribution in [0.25, 0.3) is 0 Å². The highest BCUT2D eigenvalue weighted by molar-refractivity contribution is 6.33. The normalized spacial score (nSPS) is 12.2. The SMILES string of the molecule is Cc1cccc(N(C)c2ccc(CC(C)N)cc2Cl)c1. The molecule has 0 aliphatic rings. The molecule has 106 valence electrons. The molecule has 0 aliphatic carbocycles. The van der Waals surface area contributed by atoms with Gasteiger partial charge in [0.15, 0.2) is 0 Å². The highest BCUT2D eigenvalue weighted by Crippen LogP contribution is 2.31. The van der Waals surface area contributed by atoms with Gasteiger partial charge in [0, 0.05) is 18.8 Å². The monoisotopic (exact) mass is 288 g/mol. The molecule has 1 unspecified atom stereocenters. The molecule has 0 heterocycles. The van der Waals surface area contributed by atoms with Crippen molar-refractivity contribution in [3.8, 4) is 0 Å². The number of rotatable bonds is 4. The number of hydrogen-bond donors (Lipinski definition) is 1. The Morgan fingerprint density at radius 2 is 1.95 bits per heavy atom. The van der Waals surface area contributed by atoms with Gasteiger partial charge in [0.1, 0.15) is 0 Å². The van der Waals surface area contributed by atoms with E-state index in [4.69, 9.17) is 17.3 Å². The number of anilines is 2. The third kappa shape index (κ3) is 3.53. The van der Waals surface area contributed by atoms with Crippen molar-refractivity contribution in [1.82, 2.24) is 0 Å². The van der Waals surface area contributed by atoms with Crippen LogP contribution in [0.2, 0.25) is 5.02 Å². The molecule has 2 nitrogen and oxygen atoms in total. The first-order chi connectivity index (χ1) is 9.47. The van der Waals surface area contributed by atoms with Gasteiger partial charge in [-0.25, -0.2) is 0 Å². The summed E-state index contributed by atoms with van der Waals surface area (Å²) in [5.74, 6) is 0. The van der Waals surface area contributed by atoms with Gasteiger partial charge in [-0.15, -0.1) is 0 Å². The summed E-state index contributed by atoms with van der Waals surface area (Å²) in [7, 11) is 2.03. The van der Waals surface area contributed by atoms with Crippen molar-refractivity contribution in [2.45, 2.75) is 26.3 Å². The zero-order valence-electron chi connectivity index (χ0n) is 12.2. The maximum Gasteiger partial charge on any atom is 0.0645 e. The van der Waals surface area contributed by atoms with Crippen molar-refractivity contribution >= 4 is 23.0 Å². The van der Waals surface area contributed by atoms with Crippen molar-refractivity contribution in [3.05, 3.63) is 58.6 Å². The fourth-order valence-electron chi connectivity index (χ4n) is 2.30. The van der Waals surface area contributed by atoms with Crippen LogP contribution in [0, 0.1) is 6.92 Å². The molecule has 0 saturated carbocycles. The van der Waals surface area contributed by atoms with Gasteiger partial charge in [0.25, 0.3) is 0 Å². The van der Waals surface area contributed by atoms with Gasteiger partial charge in [0.2, 0.25) is 0 Å². The largest absolute Gasteiger partial charge is 0.343 e. The molecule has 0 saturated heterocycles. The average Bonchev–Trinajstić information content (AvgIpc) is 2.37. The number of nitrogens with two attached hydrogens (primary N) is 1. The van der Waals surface area contributed by atoms with Crippen LogP contribution in [-0.4, -0.2) is 13.1 Å². The minimum Gasteiger partial charge on any atom is -0.343 e. The molecule has 0 amide bonds. The molecule has 2 N–H and O–H groups in total. The van der Waals surface area contributed by atoms with Gasteiger partial charge in [0.05, 0.1) is 10.7 Å². The van der Waals surface area contributed by atoms with Crippen molar-refractivity contribution in [3.63, 3.8) is 0 Å². The summed E-state index contributed by atoms with van der Waals surface area (Å²) < 4.78 is 0. The number of halogens is 1. The number of benzene rings is 2. The standard InChI is InChI=1S/C17H21ClN2/c1-12-5-4-6-15(9-12)20(3)17-8-7-14(10-13(2)19)11-16(17)18/h4-9,11,13H,10,19H2,1-3H3. The lowest BCUT2D eigenvalue weighted by molar-refractivity contribution is 0.738. The molecule has 0 spiro atoms. The molecule has 0 radical (unpaired) electrons. The van der Waals surface area contributed by atoms with E-state index in [1.165, 1.54) is 11.1 Å². The second-order valence-electron chi connectivity index (χ2n) is 5.37. The van der Waals surface area contributed by atoms with E-state index in [1.807, 2.05) is 20.0 Å². The molecule has 0 fully saturated rings. The maximum atomic E-state index is 6.41. The van der Waals surface area contributed by atoms with Crippen molar-refractivity contribution in [2.75, 3.05) is 11.9 Å². The Balaban J connectivity index is 2.28. The minimum atomic E-state index is 0.145. The Hall–Kier alpha value is -1.51. The Morgan fingerprint density at radius 1 is 1.20 bits per heavy atom. The van der Waals surface area contributed by atoms with Crippen LogP contribution in [-0.2, 0) is 6.42 Å². The van der Waals surface area contributed by atoms with Gasteiger partial charge in [-0.2, -0.15) is 0 Å². The van der Waals surface area contributed by atoms with Crippen LogP contribution >= 0.6 is 11.6 Å². The lowest BCUT2D eigenvalue weighted by Gasteiger charge is -2.22. The molecule has 0 bridgehead atoms. The van der Waals surface area contributed by atoms with E-state index >= 15 is 0 Å². The van der Waals surface area contributed by atoms with E-state index in [0.717, 1.165) is 22.8 Å². The number of aryl methyl sites for hydroxylation is 1. The Morgan fingerprint density at radius 3 is 2.55 bits per heavy atom. The topological polar surface area (TPSA) is 29.3 Å². The minimum absolute atomic E-state index is 0.145. The zero-order chi connectivity index (χ0) is 14.7. The summed E-state index contributed by atoms with van der Waals surface area (Å²) in [5, 5.41) is 0.757. The van der Waals surface area contributed by atoms with E-state index in [9.17, 15) is 0 Å². The number of hydrogen-bond acceptors (Lipinski definition) is 2. The third-order valence-electron chi connectivity index (χ3n) is 3.32. The highest BCUT2D eigenvalue weighted by Gasteiger charge is 2.09. The lowest BCUT2D eigenvalue weighted by Crippen LogP contribution is -2.18. The predicted molar refractivity (Wildman–Crippen MR) is 88.0 cm³/mol. The number of nitrogens with zero attached hydrogens (tertiary/aromatic N) is 1. The fraction of sp³-hybridized carbons (Fsp3) is 0.294. The zero-order valence-corrected chi connectivity index (χ0v) is 13.0. The summed E-state index contributed by atoms with van der Waals surface area (Å²) in [4.78, 5) is 2.10. The molecule has 3 heteroatoms. The van der Waals surface area contributed by atoms with Crippen LogP contribution in [0.4, 0.5) is 11.4 Å². The molecule has 20 heavy (non-hydrogen) atoms. The highest BCUT2D eigenvalue weighted by atomic mass is 35.5. The summed E-state index contributed by atoms with van der Waals surface area (Å²) in [5.41, 5.74) is 10.4. The van der Waals surface area contributed by atoms with E-state index in [0.29, 0.717) is 0 Å². The molecule has 2 aromatic rings. The van der Waals surface area contributed by atoms with Crippen molar-refractivity contribution in [1.29, 1.82) is 0 Å². The van der Waals surface area contributed by atoms with Crippen molar-refractivity contribution < 1.29 is 0 Å². The van der Waals surface area contributed by atoms with Crippen LogP contribution in [0.15, 0.2) is 42.5 Å². The first-order valence-electron chi connectivity index (χ1n) is 6.82. The second kappa shape index (κ2) is 6.29. The quantitative estimate of drug-likeness (QED) is 0.908. The molecule has 2 rings (SSSR count). The maximum absolute atomic E-state index is 6.41. The fourth-order valence-corrected chi connectivity index (χ4v) is 2.63. The summed E-state index contributed by atoms with van der Waals surface area (Å²) in [6.45, 7) is 4.09. The first kappa shape index (κ1) is 14.9. The third-order valence-corrected chi connectivity index (χ3v) is 3.62. The molecular formula is C17H21ClN2. The molecule has 1 atom stereocenters. The lowest BCUT2D eigenvalue weighted by atomic mass is 10.1. The van der Waals surface area contributed by atoms with Gasteiger partial charge in [-0.1, -0.05) is 29.8 Å². The molecule has 2 aromatic carbocycles. The van der Waals surface area contributed by atoms with Crippen LogP contribution in [0.1, 0.15) is 18.1 Å². The molecule has 0 aliphatic heterocycles. The molecular weight excluding hydrogens is 268 g/mol. The van der Waals surface area contributed by atoms with Gasteiger partial charge in [-0.05, 0) is 55.7 Å². The van der Waals surface area contributed by atoms with Crippen LogP contribution in [0.5, 0.6) is 0 Å². The Labute approximate surface area is 126 Å². The Kier molecular flexibility index (Phi) is 4.69. The summed E-state index contributed by atoms with van der Waals surface area (Å²) in [6, 6.07) is 14.7. The van der Waals surface area contributed by atoms with Gasteiger partial charge in [-0.3, -0.25) is 0 Å². The first-order valence-corrected chi connectivity index (χ1v) is 7.19. The average molecular weight is 289 g/mol. The smallest absolute Gasteiger partial charge is 0.0645 e. The van der Waals surface area contributed by atoms with E-state index in [-0.39, 0.29) is 6.04 Å². The molecule has 0 aromatic heterocycles. The van der Waals surface area contributed by atoms with E-state index in [1.54, 1.807) is 0 Å². The van der Waals surface area contributed by atoms with E-state index in [2.05, 4.69) is 48.2 Å². The Bertz CT molecular complexity index is 593. The summed E-state index contributed by atoms with van der Waals surface area (Å²) in [6.07, 6.45) is 0.841. The van der Waals surface area contributed by atoms with Crippen LogP contribution < -0.4 is 10.6 Å². The predicted octanol–water partition coefficient (Wildman–Crippen LogP) is 4.31. The van der Waals surface area contributed by atoms with Crippen LogP contribution in [0.3, 0.4) is 0 Å². The summed E-state index contributed by atoms with van der Waals surface area (Å²) >= 11 is 6.41. The second-order valence-corrected chi connectivity index (χ2v) is 5.77. The van der Waals surface area contributed by atoms with E-state index < -0.39 is 0 Å². The van der Waals surface area contributed by atoms with Crippen molar-refractivity contribution in [2.24, 2.45) is 5.73 Å².